The molecule has 1 unspecified atom stereocenters. The molecule has 0 aliphatic carbocycles. The molecule has 23 heavy (non-hydrogen) atoms. The smallest absolute Gasteiger partial charge is 0.264 e. The number of amides is 1. The van der Waals surface area contributed by atoms with Gasteiger partial charge in [0.1, 0.15) is 5.75 Å². The van der Waals surface area contributed by atoms with Crippen molar-refractivity contribution in [3.05, 3.63) is 23.7 Å². The van der Waals surface area contributed by atoms with Crippen molar-refractivity contribution >= 4 is 27.5 Å². The van der Waals surface area contributed by atoms with Crippen LogP contribution in [-0.2, 0) is 9.53 Å². The molecule has 1 amide bonds. The van der Waals surface area contributed by atoms with E-state index in [-0.39, 0.29) is 12.5 Å². The SMILES string of the molecule is CC#CC(C)(C)NC(=O)C(COC)Oc1ccc2ncsc2c1. The zero-order valence-electron chi connectivity index (χ0n) is 13.7. The van der Waals surface area contributed by atoms with Crippen molar-refractivity contribution in [3.8, 4) is 17.6 Å². The second-order valence-electron chi connectivity index (χ2n) is 5.53. The third kappa shape index (κ3) is 4.68. The number of ether oxygens (including phenoxy) is 2. The maximum atomic E-state index is 12.4. The Morgan fingerprint density at radius 2 is 2.26 bits per heavy atom. The van der Waals surface area contributed by atoms with Gasteiger partial charge in [-0.15, -0.1) is 17.3 Å². The largest absolute Gasteiger partial charge is 0.478 e. The lowest BCUT2D eigenvalue weighted by atomic mass is 10.1. The summed E-state index contributed by atoms with van der Waals surface area (Å²) in [5.41, 5.74) is 2.07. The summed E-state index contributed by atoms with van der Waals surface area (Å²) in [5, 5.41) is 2.87. The zero-order chi connectivity index (χ0) is 16.9. The van der Waals surface area contributed by atoms with E-state index in [0.29, 0.717) is 5.75 Å². The molecule has 1 aromatic carbocycles. The number of fused-ring (bicyclic) bond motifs is 1. The van der Waals surface area contributed by atoms with Gasteiger partial charge < -0.3 is 14.8 Å². The predicted octanol–water partition coefficient (Wildman–Crippen LogP) is 2.61. The van der Waals surface area contributed by atoms with Gasteiger partial charge in [0.25, 0.3) is 5.91 Å². The maximum absolute atomic E-state index is 12.4. The number of carbonyl (C=O) groups is 1. The van der Waals surface area contributed by atoms with Crippen LogP contribution >= 0.6 is 11.3 Å². The fourth-order valence-corrected chi connectivity index (χ4v) is 2.83. The Morgan fingerprint density at radius 3 is 2.96 bits per heavy atom. The van der Waals surface area contributed by atoms with Crippen LogP contribution < -0.4 is 10.1 Å². The van der Waals surface area contributed by atoms with Crippen molar-refractivity contribution in [2.24, 2.45) is 0 Å². The van der Waals surface area contributed by atoms with Crippen LogP contribution in [0.25, 0.3) is 10.2 Å². The molecule has 0 aliphatic heterocycles. The molecular weight excluding hydrogens is 312 g/mol. The van der Waals surface area contributed by atoms with E-state index in [4.69, 9.17) is 9.47 Å². The van der Waals surface area contributed by atoms with E-state index in [2.05, 4.69) is 22.1 Å². The number of aromatic nitrogens is 1. The number of carbonyl (C=O) groups excluding carboxylic acids is 1. The molecule has 6 heteroatoms. The number of nitrogens with zero attached hydrogens (tertiary/aromatic N) is 1. The molecule has 1 atom stereocenters. The third-order valence-electron chi connectivity index (χ3n) is 3.06. The second-order valence-corrected chi connectivity index (χ2v) is 6.42. The van der Waals surface area contributed by atoms with Gasteiger partial charge in [-0.25, -0.2) is 4.98 Å². The Hall–Kier alpha value is -2.10. The Labute approximate surface area is 140 Å². The fourth-order valence-electron chi connectivity index (χ4n) is 2.12. The van der Waals surface area contributed by atoms with E-state index in [1.54, 1.807) is 18.5 Å². The first kappa shape index (κ1) is 17.3. The van der Waals surface area contributed by atoms with Crippen LogP contribution in [0.1, 0.15) is 20.8 Å². The minimum absolute atomic E-state index is 0.155. The summed E-state index contributed by atoms with van der Waals surface area (Å²) in [6.45, 7) is 5.58. The number of rotatable bonds is 6. The zero-order valence-corrected chi connectivity index (χ0v) is 14.5. The van der Waals surface area contributed by atoms with E-state index in [1.165, 1.54) is 18.4 Å². The Bertz CT molecular complexity index is 743. The van der Waals surface area contributed by atoms with E-state index in [0.717, 1.165) is 10.2 Å². The monoisotopic (exact) mass is 332 g/mol. The highest BCUT2D eigenvalue weighted by molar-refractivity contribution is 7.16. The minimum Gasteiger partial charge on any atom is -0.478 e. The van der Waals surface area contributed by atoms with Crippen LogP contribution in [-0.4, -0.2) is 36.3 Å². The van der Waals surface area contributed by atoms with Gasteiger partial charge in [-0.05, 0) is 39.0 Å². The first-order valence-corrected chi connectivity index (χ1v) is 8.08. The number of thiazole rings is 1. The van der Waals surface area contributed by atoms with Crippen LogP contribution in [0.4, 0.5) is 0 Å². The highest BCUT2D eigenvalue weighted by Crippen LogP contribution is 2.24. The van der Waals surface area contributed by atoms with Crippen molar-refractivity contribution in [3.63, 3.8) is 0 Å². The van der Waals surface area contributed by atoms with E-state index >= 15 is 0 Å². The van der Waals surface area contributed by atoms with Crippen molar-refractivity contribution in [2.75, 3.05) is 13.7 Å². The Kier molecular flexibility index (Phi) is 5.59. The van der Waals surface area contributed by atoms with E-state index in [1.807, 2.05) is 26.0 Å². The predicted molar refractivity (Wildman–Crippen MR) is 91.6 cm³/mol. The summed E-state index contributed by atoms with van der Waals surface area (Å²) in [6, 6.07) is 5.55. The standard InChI is InChI=1S/C17H20N2O3S/c1-5-8-17(2,3)19-16(20)14(10-21-4)22-12-6-7-13-15(9-12)23-11-18-13/h6-7,9,11,14H,10H2,1-4H3,(H,19,20). The molecule has 5 nitrogen and oxygen atoms in total. The van der Waals surface area contributed by atoms with Gasteiger partial charge in [0, 0.05) is 7.11 Å². The topological polar surface area (TPSA) is 60.5 Å². The van der Waals surface area contributed by atoms with Crippen LogP contribution in [0.5, 0.6) is 5.75 Å². The average molecular weight is 332 g/mol. The molecule has 0 saturated heterocycles. The summed E-state index contributed by atoms with van der Waals surface area (Å²) < 4.78 is 11.9. The number of hydrogen-bond acceptors (Lipinski definition) is 5. The minimum atomic E-state index is -0.747. The Balaban J connectivity index is 2.13. The number of methoxy groups -OCH3 is 1. The van der Waals surface area contributed by atoms with Crippen molar-refractivity contribution < 1.29 is 14.3 Å². The van der Waals surface area contributed by atoms with Crippen molar-refractivity contribution in [1.82, 2.24) is 10.3 Å². The van der Waals surface area contributed by atoms with Gasteiger partial charge in [-0.3, -0.25) is 4.79 Å². The van der Waals surface area contributed by atoms with Crippen molar-refractivity contribution in [1.29, 1.82) is 0 Å². The summed E-state index contributed by atoms with van der Waals surface area (Å²) in [6.07, 6.45) is -0.747. The molecule has 2 aromatic rings. The lowest BCUT2D eigenvalue weighted by Crippen LogP contribution is -2.50. The molecule has 122 valence electrons. The highest BCUT2D eigenvalue weighted by Gasteiger charge is 2.26. The van der Waals surface area contributed by atoms with E-state index in [9.17, 15) is 4.79 Å². The van der Waals surface area contributed by atoms with Crippen LogP contribution in [0.3, 0.4) is 0 Å². The van der Waals surface area contributed by atoms with Gasteiger partial charge in [-0.1, -0.05) is 5.92 Å². The molecule has 0 spiro atoms. The first-order valence-electron chi connectivity index (χ1n) is 7.20. The van der Waals surface area contributed by atoms with Gasteiger partial charge in [0.2, 0.25) is 0 Å². The molecule has 0 radical (unpaired) electrons. The molecule has 0 fully saturated rings. The van der Waals surface area contributed by atoms with Crippen LogP contribution in [0.2, 0.25) is 0 Å². The summed E-state index contributed by atoms with van der Waals surface area (Å²) in [4.78, 5) is 16.7. The lowest BCUT2D eigenvalue weighted by molar-refractivity contribution is -0.131. The van der Waals surface area contributed by atoms with Gasteiger partial charge >= 0.3 is 0 Å². The average Bonchev–Trinajstić information content (AvgIpc) is 2.93. The van der Waals surface area contributed by atoms with Crippen LogP contribution in [0, 0.1) is 11.8 Å². The number of hydrogen-bond donors (Lipinski definition) is 1. The van der Waals surface area contributed by atoms with E-state index < -0.39 is 11.6 Å². The number of nitrogens with one attached hydrogen (secondary N) is 1. The molecule has 2 rings (SSSR count). The van der Waals surface area contributed by atoms with Crippen molar-refractivity contribution in [2.45, 2.75) is 32.4 Å². The second kappa shape index (κ2) is 7.44. The first-order chi connectivity index (χ1) is 10.9. The lowest BCUT2D eigenvalue weighted by Gasteiger charge is -2.24. The van der Waals surface area contributed by atoms with Gasteiger partial charge in [-0.2, -0.15) is 0 Å². The highest BCUT2D eigenvalue weighted by atomic mass is 32.1. The van der Waals surface area contributed by atoms with Crippen LogP contribution in [0.15, 0.2) is 23.7 Å². The normalized spacial score (nSPS) is 12.3. The molecule has 0 aliphatic rings. The molecule has 1 N–H and O–H groups in total. The molecule has 1 aromatic heterocycles. The quantitative estimate of drug-likeness (QED) is 0.826. The molecular formula is C17H20N2O3S. The molecule has 1 heterocycles. The summed E-state index contributed by atoms with van der Waals surface area (Å²) in [5.74, 6) is 6.11. The third-order valence-corrected chi connectivity index (χ3v) is 3.86. The number of benzene rings is 1. The van der Waals surface area contributed by atoms with Gasteiger partial charge in [0.05, 0.1) is 27.9 Å². The summed E-state index contributed by atoms with van der Waals surface area (Å²) in [7, 11) is 1.53. The van der Waals surface area contributed by atoms with Gasteiger partial charge in [0.15, 0.2) is 6.10 Å². The Morgan fingerprint density at radius 1 is 1.48 bits per heavy atom. The molecule has 0 saturated carbocycles. The maximum Gasteiger partial charge on any atom is 0.264 e. The fraction of sp³-hybridized carbons (Fsp3) is 0.412. The molecule has 0 bridgehead atoms. The summed E-state index contributed by atoms with van der Waals surface area (Å²) >= 11 is 1.53.